The monoisotopic (exact) mass is 402 g/mol. The maximum Gasteiger partial charge on any atom is 0.255 e. The normalized spacial score (nSPS) is 21.3. The van der Waals surface area contributed by atoms with Gasteiger partial charge in [-0.1, -0.05) is 33.1 Å². The molecule has 0 bridgehead atoms. The van der Waals surface area contributed by atoms with Crippen LogP contribution in [0, 0.1) is 4.91 Å². The first-order valence-corrected chi connectivity index (χ1v) is 10.4. The van der Waals surface area contributed by atoms with Crippen LogP contribution in [0.2, 0.25) is 0 Å². The van der Waals surface area contributed by atoms with Gasteiger partial charge in [0.05, 0.1) is 0 Å². The Hall–Kier alpha value is -2.61. The number of nitrogens with zero attached hydrogens (tertiary/aromatic N) is 2. The number of carbonyl (C=O) groups is 3. The standard InChI is InChI=1S/C13H11N3O4.C6H13N.C2H6/c17-11-4-3-10(12(18)14-11)16-6-7-5-8(15-20)1-2-9(7)13(16)19;7-6-4-2-1-3-5-6;1-2/h1-2,5,10H,3-4,6H2,(H,14,17,18);6H,1-5,7H2;1-2H3. The van der Waals surface area contributed by atoms with Crippen molar-refractivity contribution >= 4 is 23.4 Å². The largest absolute Gasteiger partial charge is 0.328 e. The van der Waals surface area contributed by atoms with Gasteiger partial charge in [0.15, 0.2) is 0 Å². The van der Waals surface area contributed by atoms with Crippen molar-refractivity contribution in [3.05, 3.63) is 34.2 Å². The van der Waals surface area contributed by atoms with Crippen molar-refractivity contribution in [3.63, 3.8) is 0 Å². The quantitative estimate of drug-likeness (QED) is 0.581. The first-order chi connectivity index (χ1) is 14.0. The molecule has 2 fully saturated rings. The molecule has 1 saturated carbocycles. The molecule has 1 unspecified atom stereocenters. The average molecular weight is 402 g/mol. The number of imide groups is 1. The molecule has 1 aromatic carbocycles. The number of benzene rings is 1. The maximum atomic E-state index is 12.3. The molecule has 3 amide bonds. The molecule has 1 aromatic rings. The lowest BCUT2D eigenvalue weighted by molar-refractivity contribution is -0.136. The molecule has 3 aliphatic rings. The maximum absolute atomic E-state index is 12.3. The van der Waals surface area contributed by atoms with E-state index in [-0.39, 0.29) is 30.5 Å². The number of fused-ring (bicyclic) bond motifs is 1. The molecular formula is C21H30N4O4. The lowest BCUT2D eigenvalue weighted by Gasteiger charge is -2.29. The third-order valence-electron chi connectivity index (χ3n) is 5.26. The zero-order valence-electron chi connectivity index (χ0n) is 17.1. The van der Waals surface area contributed by atoms with E-state index in [0.29, 0.717) is 23.6 Å². The van der Waals surface area contributed by atoms with Gasteiger partial charge in [0.2, 0.25) is 11.8 Å². The number of nitrogens with one attached hydrogen (secondary N) is 1. The van der Waals surface area contributed by atoms with Gasteiger partial charge in [0.25, 0.3) is 5.91 Å². The van der Waals surface area contributed by atoms with E-state index in [4.69, 9.17) is 5.73 Å². The Kier molecular flexibility index (Phi) is 8.45. The van der Waals surface area contributed by atoms with E-state index in [1.165, 1.54) is 43.1 Å². The van der Waals surface area contributed by atoms with E-state index in [9.17, 15) is 19.3 Å². The van der Waals surface area contributed by atoms with Crippen LogP contribution >= 0.6 is 0 Å². The van der Waals surface area contributed by atoms with Crippen LogP contribution in [0.3, 0.4) is 0 Å². The van der Waals surface area contributed by atoms with Gasteiger partial charge in [-0.05, 0) is 48.2 Å². The third-order valence-corrected chi connectivity index (χ3v) is 5.26. The smallest absolute Gasteiger partial charge is 0.255 e. The highest BCUT2D eigenvalue weighted by molar-refractivity contribution is 6.05. The molecule has 158 valence electrons. The highest BCUT2D eigenvalue weighted by Gasteiger charge is 2.39. The number of piperidine rings is 1. The number of nitroso groups, excluding NO2 is 1. The van der Waals surface area contributed by atoms with Gasteiger partial charge in [-0.15, -0.1) is 4.91 Å². The summed E-state index contributed by atoms with van der Waals surface area (Å²) in [6, 6.07) is 4.46. The van der Waals surface area contributed by atoms with Gasteiger partial charge in [0, 0.05) is 24.6 Å². The topological polar surface area (TPSA) is 122 Å². The van der Waals surface area contributed by atoms with Crippen LogP contribution in [0.5, 0.6) is 0 Å². The summed E-state index contributed by atoms with van der Waals surface area (Å²) in [6.45, 7) is 4.25. The SMILES string of the molecule is CC.NC1CCCCC1.O=Nc1ccc2c(c1)CN(C1CCC(=O)NC1=O)C2=O. The number of carbonyl (C=O) groups excluding carboxylic acids is 3. The van der Waals surface area contributed by atoms with E-state index >= 15 is 0 Å². The Morgan fingerprint density at radius 2 is 1.76 bits per heavy atom. The van der Waals surface area contributed by atoms with Crippen molar-refractivity contribution in [1.29, 1.82) is 0 Å². The summed E-state index contributed by atoms with van der Waals surface area (Å²) in [5.74, 6) is -1.02. The first-order valence-electron chi connectivity index (χ1n) is 10.4. The summed E-state index contributed by atoms with van der Waals surface area (Å²) in [5, 5.41) is 5.07. The van der Waals surface area contributed by atoms with Crippen molar-refractivity contribution in [2.45, 2.75) is 77.4 Å². The van der Waals surface area contributed by atoms with Crippen LogP contribution in [0.15, 0.2) is 23.4 Å². The molecule has 8 nitrogen and oxygen atoms in total. The molecule has 3 N–H and O–H groups in total. The number of amides is 3. The molecule has 4 rings (SSSR count). The Morgan fingerprint density at radius 1 is 1.07 bits per heavy atom. The molecular weight excluding hydrogens is 372 g/mol. The molecule has 29 heavy (non-hydrogen) atoms. The Balaban J connectivity index is 0.000000280. The zero-order valence-corrected chi connectivity index (χ0v) is 17.1. The predicted molar refractivity (Wildman–Crippen MR) is 110 cm³/mol. The highest BCUT2D eigenvalue weighted by atomic mass is 16.3. The average Bonchev–Trinajstić information content (AvgIpc) is 3.06. The van der Waals surface area contributed by atoms with Crippen LogP contribution in [0.25, 0.3) is 0 Å². The van der Waals surface area contributed by atoms with Crippen molar-refractivity contribution in [2.75, 3.05) is 0 Å². The molecule has 0 radical (unpaired) electrons. The molecule has 2 heterocycles. The van der Waals surface area contributed by atoms with Gasteiger partial charge >= 0.3 is 0 Å². The fourth-order valence-corrected chi connectivity index (χ4v) is 3.75. The molecule has 0 aromatic heterocycles. The second-order valence-corrected chi connectivity index (χ2v) is 7.23. The Bertz CT molecular complexity index is 759. The zero-order chi connectivity index (χ0) is 21.4. The fraction of sp³-hybridized carbons (Fsp3) is 0.571. The van der Waals surface area contributed by atoms with Gasteiger partial charge in [-0.3, -0.25) is 19.7 Å². The van der Waals surface area contributed by atoms with Gasteiger partial charge < -0.3 is 10.6 Å². The summed E-state index contributed by atoms with van der Waals surface area (Å²) in [7, 11) is 0. The lowest BCUT2D eigenvalue weighted by Crippen LogP contribution is -2.52. The predicted octanol–water partition coefficient (Wildman–Crippen LogP) is 3.15. The van der Waals surface area contributed by atoms with Crippen molar-refractivity contribution in [3.8, 4) is 0 Å². The summed E-state index contributed by atoms with van der Waals surface area (Å²) in [4.78, 5) is 47.2. The summed E-state index contributed by atoms with van der Waals surface area (Å²) in [5.41, 5.74) is 7.04. The van der Waals surface area contributed by atoms with Crippen LogP contribution in [0.1, 0.15) is 74.7 Å². The number of rotatable bonds is 2. The third kappa shape index (κ3) is 5.69. The molecule has 1 saturated heterocycles. The van der Waals surface area contributed by atoms with E-state index in [1.54, 1.807) is 12.1 Å². The van der Waals surface area contributed by atoms with Gasteiger partial charge in [-0.25, -0.2) is 0 Å². The minimum Gasteiger partial charge on any atom is -0.328 e. The lowest BCUT2D eigenvalue weighted by atomic mass is 9.97. The van der Waals surface area contributed by atoms with E-state index in [1.807, 2.05) is 13.8 Å². The van der Waals surface area contributed by atoms with Crippen LogP contribution < -0.4 is 11.1 Å². The summed E-state index contributed by atoms with van der Waals surface area (Å²) < 4.78 is 0. The van der Waals surface area contributed by atoms with E-state index in [0.717, 1.165) is 0 Å². The van der Waals surface area contributed by atoms with Gasteiger partial charge in [0.1, 0.15) is 11.7 Å². The van der Waals surface area contributed by atoms with E-state index in [2.05, 4.69) is 10.5 Å². The highest BCUT2D eigenvalue weighted by Crippen LogP contribution is 2.30. The van der Waals surface area contributed by atoms with Crippen LogP contribution in [-0.4, -0.2) is 34.7 Å². The Labute approximate surface area is 171 Å². The molecule has 8 heteroatoms. The fourth-order valence-electron chi connectivity index (χ4n) is 3.75. The Morgan fingerprint density at radius 3 is 2.31 bits per heavy atom. The second-order valence-electron chi connectivity index (χ2n) is 7.23. The van der Waals surface area contributed by atoms with Crippen molar-refractivity contribution in [2.24, 2.45) is 10.9 Å². The van der Waals surface area contributed by atoms with Crippen LogP contribution in [-0.2, 0) is 16.1 Å². The first kappa shape index (κ1) is 22.7. The second kappa shape index (κ2) is 10.8. The van der Waals surface area contributed by atoms with Gasteiger partial charge in [-0.2, -0.15) is 0 Å². The molecule has 2 aliphatic heterocycles. The number of hydrogen-bond donors (Lipinski definition) is 2. The molecule has 1 atom stereocenters. The minimum absolute atomic E-state index is 0.220. The number of hydrogen-bond acceptors (Lipinski definition) is 6. The van der Waals surface area contributed by atoms with Crippen molar-refractivity contribution < 1.29 is 14.4 Å². The molecule has 0 spiro atoms. The summed E-state index contributed by atoms with van der Waals surface area (Å²) >= 11 is 0. The number of nitrogens with two attached hydrogens (primary N) is 1. The van der Waals surface area contributed by atoms with Crippen molar-refractivity contribution in [1.82, 2.24) is 10.2 Å². The molecule has 1 aliphatic carbocycles. The summed E-state index contributed by atoms with van der Waals surface area (Å²) in [6.07, 6.45) is 7.21. The van der Waals surface area contributed by atoms with E-state index < -0.39 is 11.9 Å². The van der Waals surface area contributed by atoms with Crippen LogP contribution in [0.4, 0.5) is 5.69 Å². The minimum atomic E-state index is -0.639.